The highest BCUT2D eigenvalue weighted by molar-refractivity contribution is 5.33. The lowest BCUT2D eigenvalue weighted by molar-refractivity contribution is -0.384. The van der Waals surface area contributed by atoms with Gasteiger partial charge in [0.05, 0.1) is 11.0 Å². The van der Waals surface area contributed by atoms with Crippen LogP contribution in [0.15, 0.2) is 42.6 Å². The largest absolute Gasteiger partial charge is 0.387 e. The molecule has 0 aliphatic carbocycles. The number of aliphatic hydroxyl groups excluding tert-OH is 1. The molecule has 2 aromatic rings. The van der Waals surface area contributed by atoms with Gasteiger partial charge < -0.3 is 9.67 Å². The van der Waals surface area contributed by atoms with Gasteiger partial charge >= 0.3 is 0 Å². The zero-order valence-corrected chi connectivity index (χ0v) is 9.98. The molecule has 5 heteroatoms. The van der Waals surface area contributed by atoms with E-state index < -0.39 is 11.0 Å². The highest BCUT2D eigenvalue weighted by Gasteiger charge is 2.08. The molecule has 1 unspecified atom stereocenters. The molecule has 1 aromatic carbocycles. The first-order valence-corrected chi connectivity index (χ1v) is 5.64. The Morgan fingerprint density at radius 2 is 2.00 bits per heavy atom. The summed E-state index contributed by atoms with van der Waals surface area (Å²) in [4.78, 5) is 10.1. The number of nitro groups is 1. The average molecular weight is 246 g/mol. The second-order valence-corrected chi connectivity index (χ2v) is 4.16. The number of aromatic nitrogens is 1. The fraction of sp³-hybridized carbons (Fsp3) is 0.231. The number of rotatable bonds is 4. The fourth-order valence-electron chi connectivity index (χ4n) is 1.87. The van der Waals surface area contributed by atoms with E-state index in [9.17, 15) is 15.2 Å². The van der Waals surface area contributed by atoms with Crippen molar-refractivity contribution in [2.75, 3.05) is 0 Å². The van der Waals surface area contributed by atoms with E-state index in [1.807, 2.05) is 22.9 Å². The summed E-state index contributed by atoms with van der Waals surface area (Å²) in [6, 6.07) is 10.2. The van der Waals surface area contributed by atoms with E-state index in [4.69, 9.17) is 0 Å². The molecule has 0 fully saturated rings. The molecule has 0 saturated carbocycles. The maximum atomic E-state index is 10.5. The molecular formula is C13H14N2O3. The fourth-order valence-corrected chi connectivity index (χ4v) is 1.87. The van der Waals surface area contributed by atoms with Gasteiger partial charge in [0.25, 0.3) is 5.69 Å². The lowest BCUT2D eigenvalue weighted by Crippen LogP contribution is -2.05. The van der Waals surface area contributed by atoms with Crippen molar-refractivity contribution in [2.24, 2.45) is 0 Å². The van der Waals surface area contributed by atoms with Crippen LogP contribution >= 0.6 is 0 Å². The van der Waals surface area contributed by atoms with Crippen molar-refractivity contribution in [1.29, 1.82) is 0 Å². The molecule has 0 amide bonds. The third-order valence-electron chi connectivity index (χ3n) is 2.79. The Hall–Kier alpha value is -2.14. The molecule has 1 atom stereocenters. The van der Waals surface area contributed by atoms with Crippen LogP contribution in [0.25, 0.3) is 0 Å². The molecule has 2 rings (SSSR count). The highest BCUT2D eigenvalue weighted by atomic mass is 16.6. The summed E-state index contributed by atoms with van der Waals surface area (Å²) in [6.07, 6.45) is 1.35. The summed E-state index contributed by atoms with van der Waals surface area (Å²) >= 11 is 0. The Morgan fingerprint density at radius 3 is 2.56 bits per heavy atom. The number of nitro benzene ring substituents is 1. The van der Waals surface area contributed by atoms with Crippen molar-refractivity contribution in [3.8, 4) is 0 Å². The van der Waals surface area contributed by atoms with Crippen LogP contribution in [0.5, 0.6) is 0 Å². The maximum Gasteiger partial charge on any atom is 0.269 e. The van der Waals surface area contributed by atoms with Crippen LogP contribution in [0, 0.1) is 10.1 Å². The van der Waals surface area contributed by atoms with Gasteiger partial charge in [0, 0.05) is 30.6 Å². The van der Waals surface area contributed by atoms with Crippen molar-refractivity contribution in [3.63, 3.8) is 0 Å². The minimum absolute atomic E-state index is 0.0852. The van der Waals surface area contributed by atoms with E-state index in [1.54, 1.807) is 19.1 Å². The molecule has 0 spiro atoms. The number of hydrogen-bond donors (Lipinski definition) is 1. The van der Waals surface area contributed by atoms with Crippen LogP contribution in [0.4, 0.5) is 5.69 Å². The first kappa shape index (κ1) is 12.3. The third-order valence-corrected chi connectivity index (χ3v) is 2.79. The predicted molar refractivity (Wildman–Crippen MR) is 67.3 cm³/mol. The lowest BCUT2D eigenvalue weighted by Gasteiger charge is -2.11. The summed E-state index contributed by atoms with van der Waals surface area (Å²) in [5.41, 5.74) is 1.87. The molecule has 94 valence electrons. The van der Waals surface area contributed by atoms with Crippen molar-refractivity contribution < 1.29 is 10.0 Å². The SMILES string of the molecule is CC(O)c1cccn1Cc1ccc([N+](=O)[O-])cc1. The zero-order valence-electron chi connectivity index (χ0n) is 9.98. The van der Waals surface area contributed by atoms with Gasteiger partial charge in [-0.15, -0.1) is 0 Å². The smallest absolute Gasteiger partial charge is 0.269 e. The van der Waals surface area contributed by atoms with Gasteiger partial charge in [0.2, 0.25) is 0 Å². The Balaban J connectivity index is 2.18. The van der Waals surface area contributed by atoms with Gasteiger partial charge in [-0.05, 0) is 24.6 Å². The number of aliphatic hydroxyl groups is 1. The molecule has 0 aliphatic heterocycles. The second-order valence-electron chi connectivity index (χ2n) is 4.16. The monoisotopic (exact) mass is 246 g/mol. The molecular weight excluding hydrogens is 232 g/mol. The van der Waals surface area contributed by atoms with Gasteiger partial charge in [0.15, 0.2) is 0 Å². The number of benzene rings is 1. The molecule has 5 nitrogen and oxygen atoms in total. The average Bonchev–Trinajstić information content (AvgIpc) is 2.78. The summed E-state index contributed by atoms with van der Waals surface area (Å²) in [5, 5.41) is 20.1. The quantitative estimate of drug-likeness (QED) is 0.665. The van der Waals surface area contributed by atoms with E-state index in [1.165, 1.54) is 12.1 Å². The summed E-state index contributed by atoms with van der Waals surface area (Å²) in [6.45, 7) is 2.30. The van der Waals surface area contributed by atoms with Crippen molar-refractivity contribution in [2.45, 2.75) is 19.6 Å². The second kappa shape index (κ2) is 5.01. The van der Waals surface area contributed by atoms with Crippen LogP contribution < -0.4 is 0 Å². The Bertz CT molecular complexity index is 544. The number of non-ortho nitro benzene ring substituents is 1. The molecule has 1 N–H and O–H groups in total. The summed E-state index contributed by atoms with van der Waals surface area (Å²) in [5.74, 6) is 0. The molecule has 0 saturated heterocycles. The third kappa shape index (κ3) is 2.57. The van der Waals surface area contributed by atoms with Crippen LogP contribution in [-0.4, -0.2) is 14.6 Å². The van der Waals surface area contributed by atoms with E-state index >= 15 is 0 Å². The molecule has 1 aromatic heterocycles. The van der Waals surface area contributed by atoms with E-state index in [-0.39, 0.29) is 5.69 Å². The summed E-state index contributed by atoms with van der Waals surface area (Å²) in [7, 11) is 0. The van der Waals surface area contributed by atoms with Crippen LogP contribution in [0.2, 0.25) is 0 Å². The normalized spacial score (nSPS) is 12.3. The maximum absolute atomic E-state index is 10.5. The minimum atomic E-state index is -0.530. The minimum Gasteiger partial charge on any atom is -0.387 e. The van der Waals surface area contributed by atoms with Gasteiger partial charge in [0.1, 0.15) is 0 Å². The van der Waals surface area contributed by atoms with Crippen molar-refractivity contribution >= 4 is 5.69 Å². The predicted octanol–water partition coefficient (Wildman–Crippen LogP) is 2.50. The lowest BCUT2D eigenvalue weighted by atomic mass is 10.2. The zero-order chi connectivity index (χ0) is 13.1. The molecule has 0 radical (unpaired) electrons. The molecule has 0 bridgehead atoms. The number of hydrogen-bond acceptors (Lipinski definition) is 3. The molecule has 1 heterocycles. The van der Waals surface area contributed by atoms with E-state index in [0.29, 0.717) is 6.54 Å². The Morgan fingerprint density at radius 1 is 1.33 bits per heavy atom. The topological polar surface area (TPSA) is 68.3 Å². The van der Waals surface area contributed by atoms with E-state index in [2.05, 4.69) is 0 Å². The standard InChI is InChI=1S/C13H14N2O3/c1-10(16)13-3-2-8-14(13)9-11-4-6-12(7-5-11)15(17)18/h2-8,10,16H,9H2,1H3. The van der Waals surface area contributed by atoms with Gasteiger partial charge in [-0.1, -0.05) is 12.1 Å². The Kier molecular flexibility index (Phi) is 3.43. The van der Waals surface area contributed by atoms with Crippen molar-refractivity contribution in [3.05, 3.63) is 64.0 Å². The Labute approximate surface area is 104 Å². The van der Waals surface area contributed by atoms with Crippen LogP contribution in [0.3, 0.4) is 0 Å². The van der Waals surface area contributed by atoms with Gasteiger partial charge in [-0.2, -0.15) is 0 Å². The van der Waals surface area contributed by atoms with Crippen molar-refractivity contribution in [1.82, 2.24) is 4.57 Å². The summed E-state index contributed by atoms with van der Waals surface area (Å²) < 4.78 is 1.92. The highest BCUT2D eigenvalue weighted by Crippen LogP contribution is 2.17. The molecule has 18 heavy (non-hydrogen) atoms. The molecule has 0 aliphatic rings. The van der Waals surface area contributed by atoms with Crippen LogP contribution in [0.1, 0.15) is 24.3 Å². The van der Waals surface area contributed by atoms with Gasteiger partial charge in [-0.25, -0.2) is 0 Å². The first-order valence-electron chi connectivity index (χ1n) is 5.64. The first-order chi connectivity index (χ1) is 8.58. The number of nitrogens with zero attached hydrogens (tertiary/aromatic N) is 2. The van der Waals surface area contributed by atoms with E-state index in [0.717, 1.165) is 11.3 Å². The van der Waals surface area contributed by atoms with Crippen LogP contribution in [-0.2, 0) is 6.54 Å². The van der Waals surface area contributed by atoms with Gasteiger partial charge in [-0.3, -0.25) is 10.1 Å².